The van der Waals surface area contributed by atoms with Crippen molar-refractivity contribution in [1.29, 1.82) is 0 Å². The van der Waals surface area contributed by atoms with E-state index in [0.717, 1.165) is 0 Å². The van der Waals surface area contributed by atoms with Gasteiger partial charge in [-0.25, -0.2) is 0 Å². The quantitative estimate of drug-likeness (QED) is 0.488. The molecule has 0 aromatic rings. The molecule has 0 saturated carbocycles. The topological polar surface area (TPSA) is 0 Å². The van der Waals surface area contributed by atoms with Crippen LogP contribution in [0, 0.1) is 40.8 Å². The Kier molecular flexibility index (Phi) is 248. The van der Waals surface area contributed by atoms with Crippen molar-refractivity contribution in [1.82, 2.24) is 0 Å². The molecular formula is H3BCoCuFeNd. The van der Waals surface area contributed by atoms with Crippen molar-refractivity contribution in [3.63, 3.8) is 0 Å². The van der Waals surface area contributed by atoms with E-state index in [1.807, 2.05) is 0 Å². The van der Waals surface area contributed by atoms with E-state index >= 15 is 0 Å². The summed E-state index contributed by atoms with van der Waals surface area (Å²) >= 11 is 0. The fraction of sp³-hybridized carbons (Fsp3) is 0. The van der Waals surface area contributed by atoms with Gasteiger partial charge in [0.2, 0.25) is 0 Å². The van der Waals surface area contributed by atoms with Crippen molar-refractivity contribution < 1.29 is 91.8 Å². The van der Waals surface area contributed by atoms with Crippen LogP contribution in [0.5, 0.6) is 0 Å². The SMILES string of the molecule is B.[Co].[Cu].[Fe].[Nd]. The first kappa shape index (κ1) is 44.0. The summed E-state index contributed by atoms with van der Waals surface area (Å²) in [6.45, 7) is 0. The predicted octanol–water partition coefficient (Wildman–Crippen LogP) is -1.19. The first-order valence-corrected chi connectivity index (χ1v) is 0. The van der Waals surface area contributed by atoms with Crippen LogP contribution in [0.3, 0.4) is 0 Å². The molecule has 0 aromatic heterocycles. The molecule has 0 N–H and O–H groups in total. The van der Waals surface area contributed by atoms with Crippen molar-refractivity contribution in [2.75, 3.05) is 0 Å². The number of hydrogen-bond acceptors (Lipinski definition) is 0. The molecule has 2 radical (unpaired) electrons. The largest absolute Gasteiger partial charge is 0.0814 e. The van der Waals surface area contributed by atoms with Crippen LogP contribution in [-0.2, 0) is 50.9 Å². The third-order valence-corrected chi connectivity index (χ3v) is 0. The van der Waals surface area contributed by atoms with E-state index in [-0.39, 0.29) is 100 Å². The number of rotatable bonds is 0. The molecule has 0 saturated heterocycles. The standard InChI is InChI=1S/BH3.Co.Cu.Fe.Nd/h1H3;;;;. The van der Waals surface area contributed by atoms with E-state index in [1.165, 1.54) is 0 Å². The maximum atomic E-state index is 0. The fourth-order valence-corrected chi connectivity index (χ4v) is 0. The van der Waals surface area contributed by atoms with Crippen LogP contribution in [0.15, 0.2) is 0 Å². The number of hydrogen-bond donors (Lipinski definition) is 0. The fourth-order valence-electron chi connectivity index (χ4n) is 0. The minimum atomic E-state index is 0. The van der Waals surface area contributed by atoms with Crippen molar-refractivity contribution in [2.45, 2.75) is 0 Å². The van der Waals surface area contributed by atoms with Crippen LogP contribution in [0.2, 0.25) is 0 Å². The van der Waals surface area contributed by atoms with E-state index in [2.05, 4.69) is 0 Å². The van der Waals surface area contributed by atoms with Gasteiger partial charge in [0.15, 0.2) is 0 Å². The van der Waals surface area contributed by atoms with Gasteiger partial charge in [0, 0.05) is 91.8 Å². The molecule has 0 spiro atoms. The third kappa shape index (κ3) is 19.5. The first-order valence-electron chi connectivity index (χ1n) is 0. The van der Waals surface area contributed by atoms with Crippen LogP contribution >= 0.6 is 0 Å². The van der Waals surface area contributed by atoms with Gasteiger partial charge in [-0.1, -0.05) is 0 Å². The van der Waals surface area contributed by atoms with Gasteiger partial charge in [-0.15, -0.1) is 0 Å². The molecule has 0 aromatic carbocycles. The molecule has 0 bridgehead atoms. The van der Waals surface area contributed by atoms with Gasteiger partial charge in [0.1, 0.15) is 0 Å². The average Bonchev–Trinajstić information content (AvgIpc) is 0. The smallest absolute Gasteiger partial charge is 0 e. The van der Waals surface area contributed by atoms with Crippen LogP contribution in [0.1, 0.15) is 0 Å². The first-order chi connectivity index (χ1) is 0. The monoisotopic (exact) mass is 334 g/mol. The summed E-state index contributed by atoms with van der Waals surface area (Å²) in [6, 6.07) is 0. The van der Waals surface area contributed by atoms with E-state index in [0.29, 0.717) is 0 Å². The van der Waals surface area contributed by atoms with E-state index in [9.17, 15) is 0 Å². The zero-order valence-corrected chi connectivity index (χ0v) is 7.78. The van der Waals surface area contributed by atoms with Gasteiger partial charge >= 0.3 is 0 Å². The van der Waals surface area contributed by atoms with E-state index in [1.54, 1.807) is 0 Å². The molecule has 38 valence electrons. The molecule has 0 rings (SSSR count). The van der Waals surface area contributed by atoms with Crippen LogP contribution in [-0.4, -0.2) is 8.41 Å². The van der Waals surface area contributed by atoms with Crippen LogP contribution in [0.4, 0.5) is 0 Å². The molecule has 0 nitrogen and oxygen atoms in total. The molecule has 0 heterocycles. The minimum absolute atomic E-state index is 0. The van der Waals surface area contributed by atoms with Gasteiger partial charge in [0.25, 0.3) is 0 Å². The van der Waals surface area contributed by atoms with E-state index in [4.69, 9.17) is 0 Å². The summed E-state index contributed by atoms with van der Waals surface area (Å²) in [6.07, 6.45) is 0. The summed E-state index contributed by atoms with van der Waals surface area (Å²) in [5.74, 6) is 0. The molecule has 0 amide bonds. The Morgan fingerprint density at radius 1 is 1.00 bits per heavy atom. The second kappa shape index (κ2) is 28.2. The minimum Gasteiger partial charge on any atom is 0 e. The average molecular weight is 336 g/mol. The molecular weight excluding hydrogens is 333 g/mol. The van der Waals surface area contributed by atoms with Crippen LogP contribution < -0.4 is 0 Å². The molecule has 5 heavy (non-hydrogen) atoms. The molecule has 0 fully saturated rings. The molecule has 0 aliphatic carbocycles. The second-order valence-corrected chi connectivity index (χ2v) is 0. The second-order valence-electron chi connectivity index (χ2n) is 0. The zero-order chi connectivity index (χ0) is 0. The maximum Gasteiger partial charge on any atom is 0.0814 e. The Morgan fingerprint density at radius 3 is 1.00 bits per heavy atom. The normalized spacial score (nSPS) is 0. The summed E-state index contributed by atoms with van der Waals surface area (Å²) in [5.41, 5.74) is 0. The molecule has 0 aliphatic rings. The third-order valence-electron chi connectivity index (χ3n) is 0. The maximum absolute atomic E-state index is 0. The van der Waals surface area contributed by atoms with Crippen molar-refractivity contribution in [3.8, 4) is 0 Å². The van der Waals surface area contributed by atoms with Crippen molar-refractivity contribution in [3.05, 3.63) is 0 Å². The molecule has 5 heteroatoms. The Hall–Kier alpha value is 2.96. The zero-order valence-electron chi connectivity index (χ0n) is 1.49. The van der Waals surface area contributed by atoms with Gasteiger partial charge < -0.3 is 0 Å². The summed E-state index contributed by atoms with van der Waals surface area (Å²) in [7, 11) is 0. The molecule has 0 unspecified atom stereocenters. The van der Waals surface area contributed by atoms with Gasteiger partial charge in [0.05, 0.1) is 8.41 Å². The van der Waals surface area contributed by atoms with Crippen molar-refractivity contribution >= 4 is 8.41 Å². The van der Waals surface area contributed by atoms with Gasteiger partial charge in [-0.2, -0.15) is 0 Å². The van der Waals surface area contributed by atoms with Crippen LogP contribution in [0.25, 0.3) is 0 Å². The summed E-state index contributed by atoms with van der Waals surface area (Å²) in [4.78, 5) is 0. The van der Waals surface area contributed by atoms with Gasteiger partial charge in [-0.3, -0.25) is 0 Å². The van der Waals surface area contributed by atoms with E-state index < -0.39 is 0 Å². The summed E-state index contributed by atoms with van der Waals surface area (Å²) < 4.78 is 0. The molecule has 0 atom stereocenters. The Morgan fingerprint density at radius 2 is 1.00 bits per heavy atom. The summed E-state index contributed by atoms with van der Waals surface area (Å²) in [5, 5.41) is 0. The Labute approximate surface area is 98.2 Å². The Bertz CT molecular complexity index is 11.6. The Balaban J connectivity index is 0. The van der Waals surface area contributed by atoms with Crippen molar-refractivity contribution in [2.24, 2.45) is 0 Å². The predicted molar refractivity (Wildman–Crippen MR) is 9.94 cm³/mol. The molecule has 0 aliphatic heterocycles. The van der Waals surface area contributed by atoms with Gasteiger partial charge in [-0.05, 0) is 0 Å².